The Bertz CT molecular complexity index is 539. The van der Waals surface area contributed by atoms with Crippen LogP contribution in [0.15, 0.2) is 35.2 Å². The number of benzene rings is 1. The highest BCUT2D eigenvalue weighted by Gasteiger charge is 2.38. The lowest BCUT2D eigenvalue weighted by Crippen LogP contribution is -2.34. The summed E-state index contributed by atoms with van der Waals surface area (Å²) in [5, 5.41) is 0. The van der Waals surface area contributed by atoms with Gasteiger partial charge in [-0.15, -0.1) is 11.8 Å². The molecule has 0 saturated carbocycles. The van der Waals surface area contributed by atoms with Crippen molar-refractivity contribution in [3.63, 3.8) is 0 Å². The molecule has 1 aromatic carbocycles. The Morgan fingerprint density at radius 3 is 2.45 bits per heavy atom. The van der Waals surface area contributed by atoms with Gasteiger partial charge in [0.25, 0.3) is 11.8 Å². The summed E-state index contributed by atoms with van der Waals surface area (Å²) >= 11 is 1.42. The van der Waals surface area contributed by atoms with Crippen molar-refractivity contribution in [2.24, 2.45) is 0 Å². The van der Waals surface area contributed by atoms with Gasteiger partial charge >= 0.3 is 0 Å². The Labute approximate surface area is 122 Å². The van der Waals surface area contributed by atoms with Gasteiger partial charge in [-0.2, -0.15) is 0 Å². The molecule has 0 aliphatic carbocycles. The first-order chi connectivity index (χ1) is 9.70. The topological polar surface area (TPSA) is 46.6 Å². The monoisotopic (exact) mass is 291 g/mol. The Morgan fingerprint density at radius 1 is 1.15 bits per heavy atom. The first-order valence-corrected chi connectivity index (χ1v) is 7.46. The van der Waals surface area contributed by atoms with E-state index in [0.29, 0.717) is 17.1 Å². The molecule has 1 aromatic rings. The number of ether oxygens (including phenoxy) is 1. The van der Waals surface area contributed by atoms with Crippen molar-refractivity contribution in [2.45, 2.75) is 6.92 Å². The zero-order chi connectivity index (χ0) is 14.5. The van der Waals surface area contributed by atoms with Gasteiger partial charge in [-0.05, 0) is 11.3 Å². The van der Waals surface area contributed by atoms with E-state index in [2.05, 4.69) is 0 Å². The number of hydrogen-bond acceptors (Lipinski definition) is 4. The van der Waals surface area contributed by atoms with E-state index in [1.165, 1.54) is 16.7 Å². The maximum atomic E-state index is 12.5. The molecule has 4 nitrogen and oxygen atoms in total. The molecule has 0 bridgehead atoms. The largest absolute Gasteiger partial charge is 0.383 e. The van der Waals surface area contributed by atoms with E-state index in [0.717, 1.165) is 11.3 Å². The molecule has 0 fully saturated rings. The molecular weight excluding hydrogens is 274 g/mol. The van der Waals surface area contributed by atoms with Crippen LogP contribution in [0.2, 0.25) is 0 Å². The van der Waals surface area contributed by atoms with Gasteiger partial charge < -0.3 is 4.74 Å². The van der Waals surface area contributed by atoms with Crippen molar-refractivity contribution >= 4 is 29.1 Å². The summed E-state index contributed by atoms with van der Waals surface area (Å²) in [7, 11) is 1.55. The number of methoxy groups -OCH3 is 1. The lowest BCUT2D eigenvalue weighted by Gasteiger charge is -2.14. The van der Waals surface area contributed by atoms with E-state index in [9.17, 15) is 9.59 Å². The lowest BCUT2D eigenvalue weighted by atomic mass is 10.1. The Hall–Kier alpha value is -1.59. The fraction of sp³-hybridized carbons (Fsp3) is 0.333. The molecule has 2 amide bonds. The average Bonchev–Trinajstić information content (AvgIpc) is 2.70. The molecule has 0 atom stereocenters. The Kier molecular flexibility index (Phi) is 4.98. The minimum atomic E-state index is -0.228. The first kappa shape index (κ1) is 14.8. The summed E-state index contributed by atoms with van der Waals surface area (Å²) in [6.45, 7) is 2.61. The number of rotatable bonds is 6. The minimum Gasteiger partial charge on any atom is -0.383 e. The first-order valence-electron chi connectivity index (χ1n) is 6.48. The van der Waals surface area contributed by atoms with Crippen molar-refractivity contribution in [3.8, 4) is 0 Å². The summed E-state index contributed by atoms with van der Waals surface area (Å²) < 4.78 is 4.97. The number of nitrogens with zero attached hydrogens (tertiary/aromatic N) is 1. The highest BCUT2D eigenvalue weighted by molar-refractivity contribution is 8.04. The molecule has 0 saturated heterocycles. The van der Waals surface area contributed by atoms with Crippen molar-refractivity contribution in [1.82, 2.24) is 4.90 Å². The van der Waals surface area contributed by atoms with E-state index in [1.807, 2.05) is 37.3 Å². The third kappa shape index (κ3) is 2.78. The summed E-state index contributed by atoms with van der Waals surface area (Å²) in [6.07, 6.45) is 0. The SMILES string of the molecule is CCSC1=C(c2ccccc2)C(=O)N(CCOC)C1=O. The van der Waals surface area contributed by atoms with Crippen LogP contribution in [0.3, 0.4) is 0 Å². The normalized spacial score (nSPS) is 15.4. The van der Waals surface area contributed by atoms with Crippen LogP contribution in [0.4, 0.5) is 0 Å². The van der Waals surface area contributed by atoms with Crippen LogP contribution in [-0.4, -0.2) is 42.7 Å². The van der Waals surface area contributed by atoms with Crippen LogP contribution in [0.25, 0.3) is 5.57 Å². The smallest absolute Gasteiger partial charge is 0.268 e. The molecule has 106 valence electrons. The highest BCUT2D eigenvalue weighted by Crippen LogP contribution is 2.35. The summed E-state index contributed by atoms with van der Waals surface area (Å²) in [5.74, 6) is 0.315. The average molecular weight is 291 g/mol. The zero-order valence-corrected chi connectivity index (χ0v) is 12.4. The lowest BCUT2D eigenvalue weighted by molar-refractivity contribution is -0.137. The maximum absolute atomic E-state index is 12.5. The Balaban J connectivity index is 2.38. The van der Waals surface area contributed by atoms with Gasteiger partial charge in [-0.1, -0.05) is 37.3 Å². The molecule has 1 aliphatic heterocycles. The second-order valence-electron chi connectivity index (χ2n) is 4.26. The van der Waals surface area contributed by atoms with Gasteiger partial charge in [0.1, 0.15) is 0 Å². The zero-order valence-electron chi connectivity index (χ0n) is 11.6. The number of imide groups is 1. The van der Waals surface area contributed by atoms with Crippen LogP contribution in [0.1, 0.15) is 12.5 Å². The molecule has 1 aliphatic rings. The molecule has 0 unspecified atom stereocenters. The van der Waals surface area contributed by atoms with Crippen LogP contribution < -0.4 is 0 Å². The van der Waals surface area contributed by atoms with Crippen molar-refractivity contribution < 1.29 is 14.3 Å². The minimum absolute atomic E-state index is 0.210. The van der Waals surface area contributed by atoms with Crippen LogP contribution in [-0.2, 0) is 14.3 Å². The van der Waals surface area contributed by atoms with E-state index in [1.54, 1.807) is 7.11 Å². The summed E-state index contributed by atoms with van der Waals surface area (Å²) in [4.78, 5) is 26.7. The number of amides is 2. The van der Waals surface area contributed by atoms with E-state index in [4.69, 9.17) is 4.74 Å². The number of carbonyl (C=O) groups excluding carboxylic acids is 2. The van der Waals surface area contributed by atoms with Gasteiger partial charge in [-0.25, -0.2) is 0 Å². The highest BCUT2D eigenvalue weighted by atomic mass is 32.2. The standard InChI is InChI=1S/C15H17NO3S/c1-3-20-13-12(11-7-5-4-6-8-11)14(17)16(15(13)18)9-10-19-2/h4-8H,3,9-10H2,1-2H3. The van der Waals surface area contributed by atoms with Crippen LogP contribution >= 0.6 is 11.8 Å². The third-order valence-electron chi connectivity index (χ3n) is 3.00. The van der Waals surface area contributed by atoms with Gasteiger partial charge in [-0.3, -0.25) is 14.5 Å². The molecule has 0 N–H and O–H groups in total. The summed E-state index contributed by atoms with van der Waals surface area (Å²) in [6, 6.07) is 9.34. The predicted octanol–water partition coefficient (Wildman–Crippen LogP) is 2.17. The quantitative estimate of drug-likeness (QED) is 0.754. The van der Waals surface area contributed by atoms with Gasteiger partial charge in [0, 0.05) is 7.11 Å². The molecule has 0 aromatic heterocycles. The van der Waals surface area contributed by atoms with Crippen LogP contribution in [0, 0.1) is 0 Å². The molecule has 5 heteroatoms. The molecule has 20 heavy (non-hydrogen) atoms. The fourth-order valence-corrected chi connectivity index (χ4v) is 2.95. The van der Waals surface area contributed by atoms with Crippen molar-refractivity contribution in [1.29, 1.82) is 0 Å². The van der Waals surface area contributed by atoms with E-state index in [-0.39, 0.29) is 18.4 Å². The second kappa shape index (κ2) is 6.72. The van der Waals surface area contributed by atoms with Gasteiger partial charge in [0.05, 0.1) is 23.6 Å². The van der Waals surface area contributed by atoms with Gasteiger partial charge in [0.2, 0.25) is 0 Å². The Morgan fingerprint density at radius 2 is 1.85 bits per heavy atom. The fourth-order valence-electron chi connectivity index (χ4n) is 2.08. The number of thioether (sulfide) groups is 1. The maximum Gasteiger partial charge on any atom is 0.268 e. The van der Waals surface area contributed by atoms with Gasteiger partial charge in [0.15, 0.2) is 0 Å². The molecule has 2 rings (SSSR count). The van der Waals surface area contributed by atoms with Crippen LogP contribution in [0.5, 0.6) is 0 Å². The van der Waals surface area contributed by atoms with E-state index >= 15 is 0 Å². The van der Waals surface area contributed by atoms with E-state index < -0.39 is 0 Å². The summed E-state index contributed by atoms with van der Waals surface area (Å²) in [5.41, 5.74) is 1.31. The number of carbonyl (C=O) groups is 2. The van der Waals surface area contributed by atoms with Crippen molar-refractivity contribution in [3.05, 3.63) is 40.8 Å². The molecular formula is C15H17NO3S. The van der Waals surface area contributed by atoms with Crippen molar-refractivity contribution in [2.75, 3.05) is 26.0 Å². The predicted molar refractivity (Wildman–Crippen MR) is 80.1 cm³/mol. The molecule has 1 heterocycles. The third-order valence-corrected chi connectivity index (χ3v) is 3.95. The second-order valence-corrected chi connectivity index (χ2v) is 5.53. The molecule has 0 radical (unpaired) electrons. The number of hydrogen-bond donors (Lipinski definition) is 0. The molecule has 0 spiro atoms.